The Labute approximate surface area is 112 Å². The van der Waals surface area contributed by atoms with Gasteiger partial charge in [0.2, 0.25) is 0 Å². The Bertz CT molecular complexity index is 260. The van der Waals surface area contributed by atoms with Crippen LogP contribution in [0.1, 0.15) is 59.8 Å². The Balaban J connectivity index is 2.28. The van der Waals surface area contributed by atoms with Gasteiger partial charge in [-0.2, -0.15) is 0 Å². The lowest BCUT2D eigenvalue weighted by Gasteiger charge is -2.30. The van der Waals surface area contributed by atoms with Crippen LogP contribution in [0.25, 0.3) is 0 Å². The topological polar surface area (TPSA) is 29.5 Å². The Hall–Kier alpha value is -0.340. The highest BCUT2D eigenvalue weighted by Crippen LogP contribution is 2.31. The highest BCUT2D eigenvalue weighted by Gasteiger charge is 2.25. The van der Waals surface area contributed by atoms with E-state index in [2.05, 4.69) is 33.8 Å². The molecule has 106 valence electrons. The molecule has 0 fully saturated rings. The van der Waals surface area contributed by atoms with Crippen molar-refractivity contribution in [2.75, 3.05) is 6.61 Å². The van der Waals surface area contributed by atoms with Crippen LogP contribution in [0.3, 0.4) is 0 Å². The summed E-state index contributed by atoms with van der Waals surface area (Å²) in [5, 5.41) is 9.95. The summed E-state index contributed by atoms with van der Waals surface area (Å²) in [4.78, 5) is 0. The third kappa shape index (κ3) is 5.11. The van der Waals surface area contributed by atoms with Crippen LogP contribution in [0.15, 0.2) is 11.6 Å². The first-order valence-electron chi connectivity index (χ1n) is 7.53. The maximum Gasteiger partial charge on any atom is 0.0751 e. The Morgan fingerprint density at radius 2 is 2.17 bits per heavy atom. The molecule has 1 aliphatic carbocycles. The van der Waals surface area contributed by atoms with Crippen molar-refractivity contribution in [3.63, 3.8) is 0 Å². The first-order chi connectivity index (χ1) is 8.54. The fourth-order valence-electron chi connectivity index (χ4n) is 2.48. The number of aliphatic hydroxyl groups excluding tert-OH is 1. The molecule has 0 saturated carbocycles. The fraction of sp³-hybridized carbons (Fsp3) is 0.875. The Kier molecular flexibility index (Phi) is 6.95. The zero-order valence-electron chi connectivity index (χ0n) is 12.5. The van der Waals surface area contributed by atoms with Crippen molar-refractivity contribution in [3.8, 4) is 0 Å². The van der Waals surface area contributed by atoms with E-state index in [1.807, 2.05) is 0 Å². The smallest absolute Gasteiger partial charge is 0.0751 e. The molecule has 4 unspecified atom stereocenters. The van der Waals surface area contributed by atoms with Gasteiger partial charge in [0.1, 0.15) is 0 Å². The number of rotatable bonds is 7. The van der Waals surface area contributed by atoms with E-state index in [1.54, 1.807) is 0 Å². The molecule has 4 atom stereocenters. The maximum atomic E-state index is 9.95. The van der Waals surface area contributed by atoms with Crippen molar-refractivity contribution < 1.29 is 9.84 Å². The van der Waals surface area contributed by atoms with Crippen molar-refractivity contribution in [2.45, 2.75) is 72.0 Å². The van der Waals surface area contributed by atoms with Crippen LogP contribution in [-0.4, -0.2) is 23.9 Å². The molecule has 0 spiro atoms. The van der Waals surface area contributed by atoms with Crippen molar-refractivity contribution in [1.82, 2.24) is 0 Å². The molecule has 0 saturated heterocycles. The van der Waals surface area contributed by atoms with E-state index in [0.29, 0.717) is 17.9 Å². The zero-order chi connectivity index (χ0) is 13.5. The lowest BCUT2D eigenvalue weighted by molar-refractivity contribution is 0.0574. The second-order valence-electron chi connectivity index (χ2n) is 5.93. The molecule has 2 heteroatoms. The summed E-state index contributed by atoms with van der Waals surface area (Å²) >= 11 is 0. The number of ether oxygens (including phenoxy) is 1. The first-order valence-corrected chi connectivity index (χ1v) is 7.53. The third-order valence-corrected chi connectivity index (χ3v) is 4.20. The number of hydrogen-bond donors (Lipinski definition) is 1. The summed E-state index contributed by atoms with van der Waals surface area (Å²) in [5.74, 6) is 0.989. The normalized spacial score (nSPS) is 30.1. The van der Waals surface area contributed by atoms with E-state index in [4.69, 9.17) is 4.74 Å². The van der Waals surface area contributed by atoms with Crippen LogP contribution in [-0.2, 0) is 4.74 Å². The number of aliphatic hydroxyl groups is 1. The van der Waals surface area contributed by atoms with Crippen molar-refractivity contribution in [3.05, 3.63) is 11.6 Å². The number of hydrogen-bond acceptors (Lipinski definition) is 2. The second kappa shape index (κ2) is 7.96. The summed E-state index contributed by atoms with van der Waals surface area (Å²) in [7, 11) is 0. The summed E-state index contributed by atoms with van der Waals surface area (Å²) in [6.07, 6.45) is 7.79. The second-order valence-corrected chi connectivity index (χ2v) is 5.93. The molecule has 1 N–H and O–H groups in total. The molecule has 0 amide bonds. The van der Waals surface area contributed by atoms with Crippen LogP contribution in [0.2, 0.25) is 0 Å². The van der Waals surface area contributed by atoms with Crippen LogP contribution in [0.5, 0.6) is 0 Å². The largest absolute Gasteiger partial charge is 0.389 e. The van der Waals surface area contributed by atoms with Crippen LogP contribution < -0.4 is 0 Å². The summed E-state index contributed by atoms with van der Waals surface area (Å²) < 4.78 is 5.76. The van der Waals surface area contributed by atoms with Gasteiger partial charge in [0, 0.05) is 6.61 Å². The predicted octanol–water partition coefficient (Wildman–Crippen LogP) is 3.94. The van der Waals surface area contributed by atoms with Gasteiger partial charge in [-0.1, -0.05) is 38.8 Å². The van der Waals surface area contributed by atoms with E-state index in [9.17, 15) is 5.11 Å². The highest BCUT2D eigenvalue weighted by atomic mass is 16.5. The van der Waals surface area contributed by atoms with E-state index in [0.717, 1.165) is 32.3 Å². The van der Waals surface area contributed by atoms with E-state index in [1.165, 1.54) is 12.0 Å². The average molecular weight is 254 g/mol. The maximum absolute atomic E-state index is 9.95. The number of allylic oxidation sites excluding steroid dienone is 1. The molecule has 0 aromatic carbocycles. The molecule has 2 nitrogen and oxygen atoms in total. The zero-order valence-corrected chi connectivity index (χ0v) is 12.5. The van der Waals surface area contributed by atoms with Gasteiger partial charge < -0.3 is 9.84 Å². The molecule has 0 bridgehead atoms. The molecule has 0 aromatic heterocycles. The Morgan fingerprint density at radius 1 is 1.44 bits per heavy atom. The SMILES string of the molecule is CCCCOC(C)CCC1=CC(O)C(C)C(C)C1. The van der Waals surface area contributed by atoms with E-state index >= 15 is 0 Å². The van der Waals surface area contributed by atoms with Gasteiger partial charge >= 0.3 is 0 Å². The van der Waals surface area contributed by atoms with Crippen molar-refractivity contribution >= 4 is 0 Å². The average Bonchev–Trinajstić information content (AvgIpc) is 2.33. The van der Waals surface area contributed by atoms with Gasteiger partial charge in [-0.05, 0) is 44.4 Å². The van der Waals surface area contributed by atoms with Crippen molar-refractivity contribution in [1.29, 1.82) is 0 Å². The molecule has 1 aliphatic rings. The minimum atomic E-state index is -0.250. The molecule has 0 aromatic rings. The number of unbranched alkanes of at least 4 members (excludes halogenated alkanes) is 1. The summed E-state index contributed by atoms with van der Waals surface area (Å²) in [6.45, 7) is 9.60. The lowest BCUT2D eigenvalue weighted by Crippen LogP contribution is -2.27. The molecule has 1 rings (SSSR count). The minimum Gasteiger partial charge on any atom is -0.389 e. The van der Waals surface area contributed by atoms with Gasteiger partial charge in [0.25, 0.3) is 0 Å². The molecule has 0 aliphatic heterocycles. The monoisotopic (exact) mass is 254 g/mol. The van der Waals surface area contributed by atoms with E-state index < -0.39 is 0 Å². The Morgan fingerprint density at radius 3 is 2.78 bits per heavy atom. The van der Waals surface area contributed by atoms with Gasteiger partial charge in [0.15, 0.2) is 0 Å². The van der Waals surface area contributed by atoms with Crippen LogP contribution in [0, 0.1) is 11.8 Å². The quantitative estimate of drug-likeness (QED) is 0.551. The van der Waals surface area contributed by atoms with Gasteiger partial charge in [-0.15, -0.1) is 0 Å². The molecule has 18 heavy (non-hydrogen) atoms. The van der Waals surface area contributed by atoms with Gasteiger partial charge in [-0.3, -0.25) is 0 Å². The fourth-order valence-corrected chi connectivity index (χ4v) is 2.48. The van der Waals surface area contributed by atoms with Crippen molar-refractivity contribution in [2.24, 2.45) is 11.8 Å². The summed E-state index contributed by atoms with van der Waals surface area (Å²) in [6, 6.07) is 0. The predicted molar refractivity (Wildman–Crippen MR) is 76.6 cm³/mol. The van der Waals surface area contributed by atoms with Gasteiger partial charge in [-0.25, -0.2) is 0 Å². The molecule has 0 heterocycles. The standard InChI is InChI=1S/C16H30O2/c1-5-6-9-18-13(3)7-8-15-10-12(2)14(4)16(17)11-15/h11-14,16-17H,5-10H2,1-4H3. The molecular weight excluding hydrogens is 224 g/mol. The molecule has 0 radical (unpaired) electrons. The lowest BCUT2D eigenvalue weighted by atomic mass is 9.79. The summed E-state index contributed by atoms with van der Waals surface area (Å²) in [5.41, 5.74) is 1.42. The third-order valence-electron chi connectivity index (χ3n) is 4.20. The molecular formula is C16H30O2. The van der Waals surface area contributed by atoms with Gasteiger partial charge in [0.05, 0.1) is 12.2 Å². The van der Waals surface area contributed by atoms with Crippen LogP contribution in [0.4, 0.5) is 0 Å². The minimum absolute atomic E-state index is 0.250. The highest BCUT2D eigenvalue weighted by molar-refractivity contribution is 5.11. The first kappa shape index (κ1) is 15.7. The van der Waals surface area contributed by atoms with Crippen LogP contribution >= 0.6 is 0 Å². The van der Waals surface area contributed by atoms with E-state index in [-0.39, 0.29) is 6.10 Å².